The highest BCUT2D eigenvalue weighted by molar-refractivity contribution is 5.41. The maximum Gasteiger partial charge on any atom is 0.254 e. The summed E-state index contributed by atoms with van der Waals surface area (Å²) < 4.78 is 5.08. The molecule has 0 atom stereocenters. The first-order chi connectivity index (χ1) is 11.6. The van der Waals surface area contributed by atoms with Gasteiger partial charge in [-0.15, -0.1) is 0 Å². The molecule has 2 aromatic rings. The summed E-state index contributed by atoms with van der Waals surface area (Å²) in [6.45, 7) is 2.20. The normalized spacial score (nSPS) is 17.5. The van der Waals surface area contributed by atoms with Crippen LogP contribution in [0, 0.1) is 0 Å². The Morgan fingerprint density at radius 2 is 2.25 bits per heavy atom. The zero-order chi connectivity index (χ0) is 16.7. The molecule has 2 N–H and O–H groups in total. The van der Waals surface area contributed by atoms with Crippen LogP contribution in [0.25, 0.3) is 0 Å². The average Bonchev–Trinajstić information content (AvgIpc) is 3.39. The minimum Gasteiger partial charge on any atom is -0.504 e. The fourth-order valence-corrected chi connectivity index (χ4v) is 3.29. The summed E-state index contributed by atoms with van der Waals surface area (Å²) in [7, 11) is 1.54. The van der Waals surface area contributed by atoms with Crippen LogP contribution in [0.1, 0.15) is 41.4 Å². The van der Waals surface area contributed by atoms with Crippen LogP contribution >= 0.6 is 0 Å². The lowest BCUT2D eigenvalue weighted by atomic mass is 10.1. The molecule has 1 aliphatic heterocycles. The fourth-order valence-electron chi connectivity index (χ4n) is 3.29. The molecule has 2 heterocycles. The van der Waals surface area contributed by atoms with Gasteiger partial charge < -0.3 is 14.8 Å². The number of hydrogen-bond donors (Lipinski definition) is 2. The number of ether oxygens (including phenoxy) is 1. The Hall–Kier alpha value is -2.34. The number of H-pyrrole nitrogens is 1. The molecule has 24 heavy (non-hydrogen) atoms. The zero-order valence-corrected chi connectivity index (χ0v) is 13.7. The first kappa shape index (κ1) is 15.2. The molecule has 6 heteroatoms. The number of rotatable bonds is 4. The van der Waals surface area contributed by atoms with Gasteiger partial charge in [-0.05, 0) is 37.0 Å². The molecular formula is C18H21N3O3. The summed E-state index contributed by atoms with van der Waals surface area (Å²) in [4.78, 5) is 22.1. The van der Waals surface area contributed by atoms with Gasteiger partial charge in [0.05, 0.1) is 12.8 Å². The molecule has 0 radical (unpaired) electrons. The van der Waals surface area contributed by atoms with Crippen LogP contribution in [0.5, 0.6) is 11.5 Å². The summed E-state index contributed by atoms with van der Waals surface area (Å²) in [5, 5.41) is 9.92. The van der Waals surface area contributed by atoms with E-state index in [9.17, 15) is 9.90 Å². The van der Waals surface area contributed by atoms with E-state index in [1.54, 1.807) is 12.1 Å². The van der Waals surface area contributed by atoms with E-state index in [-0.39, 0.29) is 11.3 Å². The molecule has 1 aromatic heterocycles. The van der Waals surface area contributed by atoms with Crippen LogP contribution < -0.4 is 10.3 Å². The molecular weight excluding hydrogens is 306 g/mol. The van der Waals surface area contributed by atoms with Gasteiger partial charge in [0.2, 0.25) is 0 Å². The van der Waals surface area contributed by atoms with Gasteiger partial charge in [0.25, 0.3) is 5.56 Å². The molecule has 0 unspecified atom stereocenters. The van der Waals surface area contributed by atoms with E-state index >= 15 is 0 Å². The van der Waals surface area contributed by atoms with Gasteiger partial charge in [0, 0.05) is 31.1 Å². The highest BCUT2D eigenvalue weighted by atomic mass is 16.5. The molecule has 4 rings (SSSR count). The van der Waals surface area contributed by atoms with Gasteiger partial charge in [-0.2, -0.15) is 0 Å². The predicted molar refractivity (Wildman–Crippen MR) is 89.3 cm³/mol. The Balaban J connectivity index is 1.53. The van der Waals surface area contributed by atoms with Crippen molar-refractivity contribution in [3.63, 3.8) is 0 Å². The molecule has 1 aliphatic carbocycles. The first-order valence-corrected chi connectivity index (χ1v) is 8.34. The number of aromatic nitrogens is 2. The van der Waals surface area contributed by atoms with E-state index < -0.39 is 0 Å². The van der Waals surface area contributed by atoms with E-state index in [1.165, 1.54) is 7.11 Å². The summed E-state index contributed by atoms with van der Waals surface area (Å²) in [5.41, 5.74) is 2.78. The maximum absolute atomic E-state index is 12.2. The summed E-state index contributed by atoms with van der Waals surface area (Å²) in [6, 6.07) is 5.46. The minimum absolute atomic E-state index is 0.0311. The van der Waals surface area contributed by atoms with Crippen LogP contribution in [-0.2, 0) is 19.5 Å². The third-order valence-electron chi connectivity index (χ3n) is 4.78. The van der Waals surface area contributed by atoms with Crippen molar-refractivity contribution < 1.29 is 9.84 Å². The average molecular weight is 327 g/mol. The van der Waals surface area contributed by atoms with Crippen molar-refractivity contribution in [3.05, 3.63) is 51.2 Å². The second-order valence-electron chi connectivity index (χ2n) is 6.62. The second-order valence-corrected chi connectivity index (χ2v) is 6.62. The van der Waals surface area contributed by atoms with Crippen molar-refractivity contribution in [3.8, 4) is 11.5 Å². The van der Waals surface area contributed by atoms with Gasteiger partial charge in [-0.1, -0.05) is 6.07 Å². The Morgan fingerprint density at radius 3 is 2.96 bits per heavy atom. The maximum atomic E-state index is 12.2. The lowest BCUT2D eigenvalue weighted by Crippen LogP contribution is -2.35. The molecule has 0 bridgehead atoms. The number of fused-ring (bicyclic) bond motifs is 1. The molecule has 0 spiro atoms. The third-order valence-corrected chi connectivity index (χ3v) is 4.78. The minimum atomic E-state index is 0.0311. The van der Waals surface area contributed by atoms with E-state index in [0.29, 0.717) is 31.2 Å². The number of hydrogen-bond acceptors (Lipinski definition) is 5. The van der Waals surface area contributed by atoms with E-state index in [2.05, 4.69) is 9.88 Å². The van der Waals surface area contributed by atoms with Crippen molar-refractivity contribution in [1.29, 1.82) is 0 Å². The molecule has 0 saturated heterocycles. The second kappa shape index (κ2) is 5.94. The Morgan fingerprint density at radius 1 is 1.42 bits per heavy atom. The number of phenolic OH excluding ortho intramolecular Hbond substituents is 1. The van der Waals surface area contributed by atoms with Crippen LogP contribution in [0.3, 0.4) is 0 Å². The number of nitrogens with zero attached hydrogens (tertiary/aromatic N) is 2. The lowest BCUT2D eigenvalue weighted by Gasteiger charge is -2.27. The standard InChI is InChI=1S/C18H21N3O3/c1-24-16-5-2-11(8-15(16)22)9-21-7-6-13-14(10-21)19-17(12-3-4-12)20-18(13)23/h2,5,8,12,22H,3-4,6-7,9-10H2,1H3,(H,19,20,23). The molecule has 0 amide bonds. The van der Waals surface area contributed by atoms with Gasteiger partial charge in [0.1, 0.15) is 5.82 Å². The Labute approximate surface area is 140 Å². The lowest BCUT2D eigenvalue weighted by molar-refractivity contribution is 0.239. The Kier molecular flexibility index (Phi) is 3.76. The fraction of sp³-hybridized carbons (Fsp3) is 0.444. The third kappa shape index (κ3) is 2.89. The Bertz CT molecular complexity index is 827. The highest BCUT2D eigenvalue weighted by Crippen LogP contribution is 2.38. The van der Waals surface area contributed by atoms with Crippen molar-refractivity contribution in [1.82, 2.24) is 14.9 Å². The van der Waals surface area contributed by atoms with E-state index in [0.717, 1.165) is 42.0 Å². The van der Waals surface area contributed by atoms with Gasteiger partial charge in [-0.3, -0.25) is 9.69 Å². The van der Waals surface area contributed by atoms with Crippen molar-refractivity contribution in [2.45, 2.75) is 38.3 Å². The van der Waals surface area contributed by atoms with Crippen LogP contribution in [0.4, 0.5) is 0 Å². The number of benzene rings is 1. The zero-order valence-electron chi connectivity index (χ0n) is 13.7. The molecule has 6 nitrogen and oxygen atoms in total. The number of methoxy groups -OCH3 is 1. The number of aromatic amines is 1. The molecule has 1 fully saturated rings. The van der Waals surface area contributed by atoms with Gasteiger partial charge in [-0.25, -0.2) is 4.98 Å². The first-order valence-electron chi connectivity index (χ1n) is 8.34. The summed E-state index contributed by atoms with van der Waals surface area (Å²) in [5.74, 6) is 1.92. The van der Waals surface area contributed by atoms with E-state index in [4.69, 9.17) is 9.72 Å². The number of phenols is 1. The molecule has 1 saturated carbocycles. The topological polar surface area (TPSA) is 78.5 Å². The van der Waals surface area contributed by atoms with Crippen LogP contribution in [-0.4, -0.2) is 33.6 Å². The number of aromatic hydroxyl groups is 1. The summed E-state index contributed by atoms with van der Waals surface area (Å²) >= 11 is 0. The van der Waals surface area contributed by atoms with Crippen LogP contribution in [0.2, 0.25) is 0 Å². The number of nitrogens with one attached hydrogen (secondary N) is 1. The van der Waals surface area contributed by atoms with E-state index in [1.807, 2.05) is 6.07 Å². The summed E-state index contributed by atoms with van der Waals surface area (Å²) in [6.07, 6.45) is 2.96. The monoisotopic (exact) mass is 327 g/mol. The van der Waals surface area contributed by atoms with Gasteiger partial charge in [0.15, 0.2) is 11.5 Å². The van der Waals surface area contributed by atoms with Crippen molar-refractivity contribution in [2.24, 2.45) is 0 Å². The SMILES string of the molecule is COc1ccc(CN2CCc3c(nc(C4CC4)[nH]c3=O)C2)cc1O. The molecule has 2 aliphatic rings. The highest BCUT2D eigenvalue weighted by Gasteiger charge is 2.29. The molecule has 126 valence electrons. The largest absolute Gasteiger partial charge is 0.504 e. The van der Waals surface area contributed by atoms with Gasteiger partial charge >= 0.3 is 0 Å². The van der Waals surface area contributed by atoms with Crippen LogP contribution in [0.15, 0.2) is 23.0 Å². The smallest absolute Gasteiger partial charge is 0.254 e. The molecule has 1 aromatic carbocycles. The quantitative estimate of drug-likeness (QED) is 0.897. The van der Waals surface area contributed by atoms with Crippen molar-refractivity contribution in [2.75, 3.05) is 13.7 Å². The predicted octanol–water partition coefficient (Wildman–Crippen LogP) is 1.92. The van der Waals surface area contributed by atoms with Crippen molar-refractivity contribution >= 4 is 0 Å².